The molecule has 0 amide bonds. The first-order valence-corrected chi connectivity index (χ1v) is 5.62. The van der Waals surface area contributed by atoms with Gasteiger partial charge in [-0.2, -0.15) is 0 Å². The maximum absolute atomic E-state index is 11.0. The second-order valence-electron chi connectivity index (χ2n) is 4.15. The number of carbonyl (C=O) groups is 1. The maximum Gasteiger partial charge on any atom is 0.146 e. The molecule has 0 bridgehead atoms. The summed E-state index contributed by atoms with van der Waals surface area (Å²) in [5, 5.41) is 0. The minimum Gasteiger partial charge on any atom is -0.298 e. The Hall–Kier alpha value is -1.37. The van der Waals surface area contributed by atoms with Crippen molar-refractivity contribution in [2.24, 2.45) is 5.92 Å². The summed E-state index contributed by atoms with van der Waals surface area (Å²) in [6.45, 7) is 0. The Morgan fingerprint density at radius 1 is 1.13 bits per heavy atom. The SMILES string of the molecule is O=C/C(=C/c1ccccc1)C1CCCC1. The van der Waals surface area contributed by atoms with E-state index in [2.05, 4.69) is 0 Å². The van der Waals surface area contributed by atoms with Gasteiger partial charge in [0.15, 0.2) is 0 Å². The Labute approximate surface area is 90.8 Å². The van der Waals surface area contributed by atoms with E-state index < -0.39 is 0 Å². The fourth-order valence-corrected chi connectivity index (χ4v) is 2.25. The van der Waals surface area contributed by atoms with Crippen LogP contribution >= 0.6 is 0 Å². The van der Waals surface area contributed by atoms with Crippen LogP contribution in [0.3, 0.4) is 0 Å². The van der Waals surface area contributed by atoms with E-state index in [-0.39, 0.29) is 0 Å². The Balaban J connectivity index is 2.18. The summed E-state index contributed by atoms with van der Waals surface area (Å²) in [5.41, 5.74) is 2.10. The summed E-state index contributed by atoms with van der Waals surface area (Å²) in [5.74, 6) is 0.503. The summed E-state index contributed by atoms with van der Waals surface area (Å²) < 4.78 is 0. The predicted molar refractivity (Wildman–Crippen MR) is 62.4 cm³/mol. The highest BCUT2D eigenvalue weighted by Crippen LogP contribution is 2.30. The second kappa shape index (κ2) is 4.92. The molecule has 0 heterocycles. The van der Waals surface area contributed by atoms with Gasteiger partial charge < -0.3 is 0 Å². The Kier molecular flexibility index (Phi) is 3.33. The Morgan fingerprint density at radius 3 is 2.40 bits per heavy atom. The fourth-order valence-electron chi connectivity index (χ4n) is 2.25. The minimum absolute atomic E-state index is 0.503. The highest BCUT2D eigenvalue weighted by atomic mass is 16.1. The fraction of sp³-hybridized carbons (Fsp3) is 0.357. The number of allylic oxidation sites excluding steroid dienone is 1. The molecular weight excluding hydrogens is 184 g/mol. The molecule has 0 radical (unpaired) electrons. The van der Waals surface area contributed by atoms with Crippen molar-refractivity contribution >= 4 is 12.4 Å². The van der Waals surface area contributed by atoms with Crippen molar-refractivity contribution in [2.75, 3.05) is 0 Å². The van der Waals surface area contributed by atoms with Gasteiger partial charge in [0.25, 0.3) is 0 Å². The third-order valence-electron chi connectivity index (χ3n) is 3.10. The van der Waals surface area contributed by atoms with Gasteiger partial charge in [0.05, 0.1) is 0 Å². The maximum atomic E-state index is 11.0. The van der Waals surface area contributed by atoms with Crippen molar-refractivity contribution < 1.29 is 4.79 Å². The Morgan fingerprint density at radius 2 is 1.80 bits per heavy atom. The summed E-state index contributed by atoms with van der Waals surface area (Å²) >= 11 is 0. The number of hydrogen-bond donors (Lipinski definition) is 0. The topological polar surface area (TPSA) is 17.1 Å². The van der Waals surface area contributed by atoms with E-state index in [9.17, 15) is 4.79 Å². The van der Waals surface area contributed by atoms with Crippen LogP contribution in [-0.2, 0) is 4.79 Å². The molecule has 1 fully saturated rings. The van der Waals surface area contributed by atoms with Crippen LogP contribution in [0.5, 0.6) is 0 Å². The quantitative estimate of drug-likeness (QED) is 0.539. The normalized spacial score (nSPS) is 18.0. The van der Waals surface area contributed by atoms with E-state index in [0.717, 1.165) is 17.4 Å². The number of hydrogen-bond acceptors (Lipinski definition) is 1. The highest BCUT2D eigenvalue weighted by molar-refractivity contribution is 5.82. The van der Waals surface area contributed by atoms with Crippen LogP contribution in [0.25, 0.3) is 6.08 Å². The van der Waals surface area contributed by atoms with Gasteiger partial charge in [-0.15, -0.1) is 0 Å². The van der Waals surface area contributed by atoms with Crippen LogP contribution in [0.1, 0.15) is 31.2 Å². The van der Waals surface area contributed by atoms with Gasteiger partial charge in [-0.05, 0) is 36.0 Å². The molecule has 0 N–H and O–H groups in total. The summed E-state index contributed by atoms with van der Waals surface area (Å²) in [7, 11) is 0. The monoisotopic (exact) mass is 200 g/mol. The lowest BCUT2D eigenvalue weighted by molar-refractivity contribution is -0.105. The van der Waals surface area contributed by atoms with Crippen molar-refractivity contribution in [2.45, 2.75) is 25.7 Å². The minimum atomic E-state index is 0.503. The summed E-state index contributed by atoms with van der Waals surface area (Å²) in [6, 6.07) is 10.1. The third-order valence-corrected chi connectivity index (χ3v) is 3.10. The summed E-state index contributed by atoms with van der Waals surface area (Å²) in [4.78, 5) is 11.0. The zero-order chi connectivity index (χ0) is 10.5. The number of benzene rings is 1. The molecule has 1 heteroatoms. The van der Waals surface area contributed by atoms with Gasteiger partial charge >= 0.3 is 0 Å². The lowest BCUT2D eigenvalue weighted by Crippen LogP contribution is -1.99. The third kappa shape index (κ3) is 2.56. The molecule has 1 aromatic carbocycles. The van der Waals surface area contributed by atoms with E-state index >= 15 is 0 Å². The van der Waals surface area contributed by atoms with E-state index in [1.54, 1.807) is 0 Å². The van der Waals surface area contributed by atoms with Crippen molar-refractivity contribution in [3.8, 4) is 0 Å². The molecule has 0 atom stereocenters. The average Bonchev–Trinajstić information content (AvgIpc) is 2.81. The van der Waals surface area contributed by atoms with Crippen molar-refractivity contribution in [3.05, 3.63) is 41.5 Å². The Bertz CT molecular complexity index is 345. The molecule has 2 rings (SSSR count). The standard InChI is InChI=1S/C14H16O/c15-11-14(13-8-4-5-9-13)10-12-6-2-1-3-7-12/h1-3,6-7,10-11,13H,4-5,8-9H2/b14-10-. The van der Waals surface area contributed by atoms with Gasteiger partial charge in [-0.1, -0.05) is 43.2 Å². The van der Waals surface area contributed by atoms with E-state index in [1.807, 2.05) is 36.4 Å². The second-order valence-corrected chi connectivity index (χ2v) is 4.15. The first-order valence-electron chi connectivity index (χ1n) is 5.62. The van der Waals surface area contributed by atoms with Crippen LogP contribution < -0.4 is 0 Å². The predicted octanol–water partition coefficient (Wildman–Crippen LogP) is 3.46. The first-order chi connectivity index (χ1) is 7.40. The van der Waals surface area contributed by atoms with Crippen molar-refractivity contribution in [1.29, 1.82) is 0 Å². The number of rotatable bonds is 3. The van der Waals surface area contributed by atoms with Crippen LogP contribution in [0, 0.1) is 5.92 Å². The molecule has 78 valence electrons. The molecule has 0 unspecified atom stereocenters. The average molecular weight is 200 g/mol. The van der Waals surface area contributed by atoms with Crippen molar-refractivity contribution in [3.63, 3.8) is 0 Å². The van der Waals surface area contributed by atoms with Gasteiger partial charge in [0.1, 0.15) is 6.29 Å². The van der Waals surface area contributed by atoms with Crippen LogP contribution in [0.15, 0.2) is 35.9 Å². The van der Waals surface area contributed by atoms with E-state index in [4.69, 9.17) is 0 Å². The van der Waals surface area contributed by atoms with Gasteiger partial charge in [-0.3, -0.25) is 4.79 Å². The molecule has 0 saturated heterocycles. The molecule has 0 spiro atoms. The van der Waals surface area contributed by atoms with Crippen LogP contribution in [0.4, 0.5) is 0 Å². The van der Waals surface area contributed by atoms with Gasteiger partial charge in [0, 0.05) is 0 Å². The molecular formula is C14H16O. The summed E-state index contributed by atoms with van der Waals surface area (Å²) in [6.07, 6.45) is 7.95. The molecule has 1 nitrogen and oxygen atoms in total. The molecule has 0 aromatic heterocycles. The molecule has 15 heavy (non-hydrogen) atoms. The highest BCUT2D eigenvalue weighted by Gasteiger charge is 2.18. The molecule has 1 aromatic rings. The van der Waals surface area contributed by atoms with Crippen LogP contribution in [0.2, 0.25) is 0 Å². The van der Waals surface area contributed by atoms with Gasteiger partial charge in [-0.25, -0.2) is 0 Å². The van der Waals surface area contributed by atoms with Gasteiger partial charge in [0.2, 0.25) is 0 Å². The number of carbonyl (C=O) groups excluding carboxylic acids is 1. The zero-order valence-corrected chi connectivity index (χ0v) is 8.86. The molecule has 0 aliphatic heterocycles. The molecule has 1 aliphatic carbocycles. The molecule has 1 saturated carbocycles. The lowest BCUT2D eigenvalue weighted by Gasteiger charge is -2.07. The number of aldehydes is 1. The smallest absolute Gasteiger partial charge is 0.146 e. The van der Waals surface area contributed by atoms with Crippen LogP contribution in [-0.4, -0.2) is 6.29 Å². The molecule has 1 aliphatic rings. The van der Waals surface area contributed by atoms with E-state index in [0.29, 0.717) is 5.92 Å². The van der Waals surface area contributed by atoms with E-state index in [1.165, 1.54) is 25.7 Å². The lowest BCUT2D eigenvalue weighted by atomic mass is 9.96. The largest absolute Gasteiger partial charge is 0.298 e. The first kappa shape index (κ1) is 10.2. The van der Waals surface area contributed by atoms with Crippen molar-refractivity contribution in [1.82, 2.24) is 0 Å². The zero-order valence-electron chi connectivity index (χ0n) is 8.86.